The third-order valence-electron chi connectivity index (χ3n) is 4.61. The van der Waals surface area contributed by atoms with Crippen molar-refractivity contribution in [3.63, 3.8) is 0 Å². The number of ether oxygens (including phenoxy) is 1. The van der Waals surface area contributed by atoms with Gasteiger partial charge in [-0.15, -0.1) is 11.3 Å². The van der Waals surface area contributed by atoms with Crippen molar-refractivity contribution >= 4 is 49.9 Å². The molecule has 0 radical (unpaired) electrons. The highest BCUT2D eigenvalue weighted by molar-refractivity contribution is 9.10. The Morgan fingerprint density at radius 1 is 1.21 bits per heavy atom. The van der Waals surface area contributed by atoms with Crippen LogP contribution >= 0.6 is 38.9 Å². The van der Waals surface area contributed by atoms with Gasteiger partial charge in [-0.2, -0.15) is 0 Å². The minimum Gasteiger partial charge on any atom is -0.376 e. The van der Waals surface area contributed by atoms with Crippen molar-refractivity contribution in [2.24, 2.45) is 0 Å². The second kappa shape index (κ2) is 8.74. The molecule has 144 valence electrons. The number of hydrogen-bond donors (Lipinski definition) is 0. The van der Waals surface area contributed by atoms with Gasteiger partial charge in [0.05, 0.1) is 18.3 Å². The zero-order valence-corrected chi connectivity index (χ0v) is 18.1. The zero-order chi connectivity index (χ0) is 19.5. The van der Waals surface area contributed by atoms with Gasteiger partial charge in [0.15, 0.2) is 5.13 Å². The minimum atomic E-state index is -0.0694. The number of aromatic nitrogens is 1. The van der Waals surface area contributed by atoms with Gasteiger partial charge in [0.2, 0.25) is 0 Å². The van der Waals surface area contributed by atoms with E-state index in [1.807, 2.05) is 53.9 Å². The number of carbonyl (C=O) groups is 1. The van der Waals surface area contributed by atoms with E-state index in [9.17, 15) is 4.79 Å². The molecule has 4 rings (SSSR count). The van der Waals surface area contributed by atoms with Crippen molar-refractivity contribution in [3.8, 4) is 11.3 Å². The molecular formula is C21H18BrClN2O2S. The number of benzene rings is 2. The van der Waals surface area contributed by atoms with Crippen LogP contribution < -0.4 is 4.90 Å². The van der Waals surface area contributed by atoms with Crippen LogP contribution in [0.1, 0.15) is 23.2 Å². The average Bonchev–Trinajstić information content (AvgIpc) is 3.39. The van der Waals surface area contributed by atoms with Crippen LogP contribution in [0.2, 0.25) is 5.02 Å². The number of thiazole rings is 1. The fourth-order valence-corrected chi connectivity index (χ4v) is 4.36. The lowest BCUT2D eigenvalue weighted by Crippen LogP contribution is -2.37. The molecule has 3 aromatic rings. The Bertz CT molecular complexity index is 953. The Morgan fingerprint density at radius 2 is 1.96 bits per heavy atom. The number of halogens is 2. The van der Waals surface area contributed by atoms with Crippen molar-refractivity contribution in [1.82, 2.24) is 4.98 Å². The minimum absolute atomic E-state index is 0.0438. The van der Waals surface area contributed by atoms with Gasteiger partial charge >= 0.3 is 0 Å². The molecule has 0 spiro atoms. The standard InChI is InChI=1S/C21H18BrClN2O2S/c22-16-7-3-15(4-8-16)20(26)25(12-18-2-1-11-27-18)21-24-19(13-28-21)14-5-9-17(23)10-6-14/h3-10,13,18H,1-2,11-12H2. The van der Waals surface area contributed by atoms with Crippen LogP contribution in [0.4, 0.5) is 5.13 Å². The Kier molecular flexibility index (Phi) is 6.11. The van der Waals surface area contributed by atoms with E-state index >= 15 is 0 Å². The first-order chi connectivity index (χ1) is 13.6. The molecule has 1 aliphatic heterocycles. The summed E-state index contributed by atoms with van der Waals surface area (Å²) in [6.45, 7) is 1.25. The molecule has 1 fully saturated rings. The molecule has 1 atom stereocenters. The van der Waals surface area contributed by atoms with Crippen LogP contribution in [0.3, 0.4) is 0 Å². The summed E-state index contributed by atoms with van der Waals surface area (Å²) in [6, 6.07) is 14.9. The first kappa shape index (κ1) is 19.6. The normalized spacial score (nSPS) is 16.3. The van der Waals surface area contributed by atoms with Crippen LogP contribution in [0, 0.1) is 0 Å². The van der Waals surface area contributed by atoms with E-state index in [0.717, 1.165) is 35.2 Å². The van der Waals surface area contributed by atoms with Gasteiger partial charge in [-0.3, -0.25) is 9.69 Å². The van der Waals surface area contributed by atoms with Crippen molar-refractivity contribution in [1.29, 1.82) is 0 Å². The first-order valence-electron chi connectivity index (χ1n) is 9.00. The molecule has 1 amide bonds. The lowest BCUT2D eigenvalue weighted by Gasteiger charge is -2.23. The van der Waals surface area contributed by atoms with E-state index in [0.29, 0.717) is 22.3 Å². The second-order valence-electron chi connectivity index (χ2n) is 6.58. The maximum Gasteiger partial charge on any atom is 0.260 e. The summed E-state index contributed by atoms with van der Waals surface area (Å²) in [5.41, 5.74) is 2.43. The van der Waals surface area contributed by atoms with Gasteiger partial charge in [-0.25, -0.2) is 4.98 Å². The summed E-state index contributed by atoms with van der Waals surface area (Å²) in [5.74, 6) is -0.0694. The topological polar surface area (TPSA) is 42.4 Å². The summed E-state index contributed by atoms with van der Waals surface area (Å²) in [6.07, 6.45) is 2.03. The molecule has 0 N–H and O–H groups in total. The highest BCUT2D eigenvalue weighted by Crippen LogP contribution is 2.30. The Balaban J connectivity index is 1.64. The average molecular weight is 478 g/mol. The summed E-state index contributed by atoms with van der Waals surface area (Å²) in [7, 11) is 0. The lowest BCUT2D eigenvalue weighted by atomic mass is 10.1. The molecule has 0 aliphatic carbocycles. The Morgan fingerprint density at radius 3 is 2.64 bits per heavy atom. The molecule has 7 heteroatoms. The van der Waals surface area contributed by atoms with Crippen LogP contribution in [0.25, 0.3) is 11.3 Å². The molecule has 2 aromatic carbocycles. The third-order valence-corrected chi connectivity index (χ3v) is 6.25. The van der Waals surface area contributed by atoms with Gasteiger partial charge in [-0.05, 0) is 49.2 Å². The molecule has 1 saturated heterocycles. The predicted octanol–water partition coefficient (Wildman–Crippen LogP) is 6.05. The second-order valence-corrected chi connectivity index (χ2v) is 8.77. The van der Waals surface area contributed by atoms with Crippen LogP contribution in [-0.2, 0) is 4.74 Å². The number of hydrogen-bond acceptors (Lipinski definition) is 4. The molecule has 0 saturated carbocycles. The summed E-state index contributed by atoms with van der Waals surface area (Å²) in [5, 5.41) is 3.33. The molecule has 28 heavy (non-hydrogen) atoms. The first-order valence-corrected chi connectivity index (χ1v) is 11.1. The number of nitrogens with zero attached hydrogens (tertiary/aromatic N) is 2. The van der Waals surface area contributed by atoms with Crippen molar-refractivity contribution in [3.05, 3.63) is 69.0 Å². The van der Waals surface area contributed by atoms with Crippen LogP contribution in [0.5, 0.6) is 0 Å². The van der Waals surface area contributed by atoms with E-state index in [1.54, 1.807) is 4.90 Å². The zero-order valence-electron chi connectivity index (χ0n) is 15.0. The van der Waals surface area contributed by atoms with E-state index in [2.05, 4.69) is 15.9 Å². The largest absolute Gasteiger partial charge is 0.376 e. The molecule has 4 nitrogen and oxygen atoms in total. The maximum absolute atomic E-state index is 13.2. The third kappa shape index (κ3) is 4.46. The van der Waals surface area contributed by atoms with Crippen LogP contribution in [-0.4, -0.2) is 30.1 Å². The fraction of sp³-hybridized carbons (Fsp3) is 0.238. The monoisotopic (exact) mass is 476 g/mol. The molecule has 1 unspecified atom stereocenters. The quantitative estimate of drug-likeness (QED) is 0.449. The lowest BCUT2D eigenvalue weighted by molar-refractivity contribution is 0.0917. The molecule has 1 aromatic heterocycles. The van der Waals surface area contributed by atoms with Crippen LogP contribution in [0.15, 0.2) is 58.4 Å². The van der Waals surface area contributed by atoms with Gasteiger partial charge < -0.3 is 4.74 Å². The van der Waals surface area contributed by atoms with Gasteiger partial charge in [0.1, 0.15) is 0 Å². The van der Waals surface area contributed by atoms with Gasteiger partial charge in [0.25, 0.3) is 5.91 Å². The predicted molar refractivity (Wildman–Crippen MR) is 117 cm³/mol. The summed E-state index contributed by atoms with van der Waals surface area (Å²) >= 11 is 10.9. The highest BCUT2D eigenvalue weighted by atomic mass is 79.9. The number of rotatable bonds is 5. The van der Waals surface area contributed by atoms with E-state index in [1.165, 1.54) is 11.3 Å². The molecule has 2 heterocycles. The number of anilines is 1. The fourth-order valence-electron chi connectivity index (χ4n) is 3.13. The highest BCUT2D eigenvalue weighted by Gasteiger charge is 2.27. The number of amides is 1. The molecule has 1 aliphatic rings. The van der Waals surface area contributed by atoms with Crippen molar-refractivity contribution in [2.75, 3.05) is 18.1 Å². The van der Waals surface area contributed by atoms with E-state index in [-0.39, 0.29) is 12.0 Å². The molecular weight excluding hydrogens is 460 g/mol. The Labute approximate surface area is 181 Å². The van der Waals surface area contributed by atoms with E-state index in [4.69, 9.17) is 21.3 Å². The van der Waals surface area contributed by atoms with Gasteiger partial charge in [0, 0.05) is 32.6 Å². The SMILES string of the molecule is O=C(c1ccc(Br)cc1)N(CC1CCCO1)c1nc(-c2ccc(Cl)cc2)cs1. The van der Waals surface area contributed by atoms with E-state index < -0.39 is 0 Å². The smallest absolute Gasteiger partial charge is 0.260 e. The summed E-state index contributed by atoms with van der Waals surface area (Å²) < 4.78 is 6.71. The molecule has 0 bridgehead atoms. The van der Waals surface area contributed by atoms with Crippen molar-refractivity contribution in [2.45, 2.75) is 18.9 Å². The maximum atomic E-state index is 13.2. The van der Waals surface area contributed by atoms with Crippen molar-refractivity contribution < 1.29 is 9.53 Å². The summed E-state index contributed by atoms with van der Waals surface area (Å²) in [4.78, 5) is 19.7. The Hall–Kier alpha value is -1.73. The number of carbonyl (C=O) groups excluding carboxylic acids is 1. The van der Waals surface area contributed by atoms with Gasteiger partial charge in [-0.1, -0.05) is 39.7 Å².